The van der Waals surface area contributed by atoms with Crippen molar-refractivity contribution in [1.82, 2.24) is 0 Å². The molecule has 1 nitrogen and oxygen atoms in total. The first-order valence-corrected chi connectivity index (χ1v) is 7.89. The van der Waals surface area contributed by atoms with Crippen LogP contribution < -0.4 is 0 Å². The third-order valence-electron chi connectivity index (χ3n) is 3.80. The van der Waals surface area contributed by atoms with E-state index in [4.69, 9.17) is 11.6 Å². The minimum absolute atomic E-state index is 0.00740. The molecule has 0 radical (unpaired) electrons. The molecule has 0 aliphatic rings. The van der Waals surface area contributed by atoms with Gasteiger partial charge in [-0.3, -0.25) is 4.79 Å². The summed E-state index contributed by atoms with van der Waals surface area (Å²) < 4.78 is 67.6. The van der Waals surface area contributed by atoms with E-state index >= 15 is 0 Å². The van der Waals surface area contributed by atoms with Gasteiger partial charge in [-0.15, -0.1) is 0 Å². The number of ketones is 1. The van der Waals surface area contributed by atoms with Crippen molar-refractivity contribution in [3.63, 3.8) is 0 Å². The standard InChI is InChI=1S/C19H14ClF5O/c1-10-7-13(9-16(20)18(10)22)15(19(23,24)25)6-4-12-3-5-14(11(2)26)17(21)8-12/h3-9,15H,1-2H3/b6-4+. The second-order valence-electron chi connectivity index (χ2n) is 5.81. The summed E-state index contributed by atoms with van der Waals surface area (Å²) in [5.74, 6) is -4.12. The molecule has 0 bridgehead atoms. The first-order chi connectivity index (χ1) is 12.0. The van der Waals surface area contributed by atoms with Crippen LogP contribution in [-0.2, 0) is 0 Å². The lowest BCUT2D eigenvalue weighted by molar-refractivity contribution is -0.139. The van der Waals surface area contributed by atoms with Crippen LogP contribution >= 0.6 is 11.6 Å². The maximum atomic E-state index is 13.8. The van der Waals surface area contributed by atoms with Gasteiger partial charge in [-0.25, -0.2) is 8.78 Å². The van der Waals surface area contributed by atoms with Crippen LogP contribution in [0.15, 0.2) is 36.4 Å². The number of allylic oxidation sites excluding steroid dienone is 1. The van der Waals surface area contributed by atoms with E-state index in [-0.39, 0.29) is 22.3 Å². The first-order valence-electron chi connectivity index (χ1n) is 7.51. The van der Waals surface area contributed by atoms with Crippen LogP contribution in [0, 0.1) is 18.6 Å². The van der Waals surface area contributed by atoms with Crippen molar-refractivity contribution >= 4 is 23.5 Å². The fourth-order valence-electron chi connectivity index (χ4n) is 2.47. The van der Waals surface area contributed by atoms with Gasteiger partial charge in [0.1, 0.15) is 11.6 Å². The van der Waals surface area contributed by atoms with Gasteiger partial charge in [0.25, 0.3) is 0 Å². The van der Waals surface area contributed by atoms with Crippen molar-refractivity contribution in [3.05, 3.63) is 75.3 Å². The van der Waals surface area contributed by atoms with E-state index < -0.39 is 34.5 Å². The second-order valence-corrected chi connectivity index (χ2v) is 6.21. The number of carbonyl (C=O) groups excluding carboxylic acids is 1. The van der Waals surface area contributed by atoms with Crippen molar-refractivity contribution in [2.24, 2.45) is 0 Å². The minimum atomic E-state index is -4.65. The summed E-state index contributed by atoms with van der Waals surface area (Å²) in [6.45, 7) is 2.51. The van der Waals surface area contributed by atoms with Gasteiger partial charge in [0.05, 0.1) is 16.5 Å². The second kappa shape index (κ2) is 7.58. The zero-order valence-corrected chi connectivity index (χ0v) is 14.6. The number of aryl methyl sites for hydroxylation is 1. The predicted octanol–water partition coefficient (Wildman–Crippen LogP) is 6.49. The lowest BCUT2D eigenvalue weighted by Gasteiger charge is -2.18. The summed E-state index contributed by atoms with van der Waals surface area (Å²) in [6, 6.07) is 5.52. The number of alkyl halides is 3. The largest absolute Gasteiger partial charge is 0.399 e. The lowest BCUT2D eigenvalue weighted by atomic mass is 9.95. The number of carbonyl (C=O) groups is 1. The summed E-state index contributed by atoms with van der Waals surface area (Å²) in [7, 11) is 0. The third-order valence-corrected chi connectivity index (χ3v) is 4.07. The van der Waals surface area contributed by atoms with Crippen LogP contribution in [0.4, 0.5) is 22.0 Å². The summed E-state index contributed by atoms with van der Waals surface area (Å²) in [6.07, 6.45) is -2.72. The minimum Gasteiger partial charge on any atom is -0.294 e. The molecule has 0 amide bonds. The molecule has 138 valence electrons. The maximum Gasteiger partial charge on any atom is 0.399 e. The SMILES string of the molecule is CC(=O)c1ccc(/C=C/C(c2cc(C)c(F)c(Cl)c2)C(F)(F)F)cc1F. The summed E-state index contributed by atoms with van der Waals surface area (Å²) >= 11 is 5.65. The molecule has 2 aromatic rings. The number of hydrogen-bond acceptors (Lipinski definition) is 1. The van der Waals surface area contributed by atoms with Crippen LogP contribution in [0.1, 0.15) is 39.9 Å². The summed E-state index contributed by atoms with van der Waals surface area (Å²) in [4.78, 5) is 11.2. The van der Waals surface area contributed by atoms with E-state index in [1.54, 1.807) is 0 Å². The molecule has 0 aromatic heterocycles. The highest BCUT2D eigenvalue weighted by Crippen LogP contribution is 2.38. The van der Waals surface area contributed by atoms with Crippen molar-refractivity contribution in [3.8, 4) is 0 Å². The van der Waals surface area contributed by atoms with E-state index in [1.165, 1.54) is 26.0 Å². The van der Waals surface area contributed by atoms with Crippen molar-refractivity contribution < 1.29 is 26.7 Å². The Morgan fingerprint density at radius 2 is 1.81 bits per heavy atom. The molecule has 0 aliphatic heterocycles. The summed E-state index contributed by atoms with van der Waals surface area (Å²) in [5.41, 5.74) is -0.215. The van der Waals surface area contributed by atoms with Crippen LogP contribution in [0.5, 0.6) is 0 Å². The van der Waals surface area contributed by atoms with Crippen molar-refractivity contribution in [1.29, 1.82) is 0 Å². The Bertz CT molecular complexity index is 848. The van der Waals surface area contributed by atoms with Gasteiger partial charge in [-0.2, -0.15) is 13.2 Å². The Morgan fingerprint density at radius 1 is 1.15 bits per heavy atom. The van der Waals surface area contributed by atoms with Gasteiger partial charge in [-0.05, 0) is 48.7 Å². The van der Waals surface area contributed by atoms with Gasteiger partial charge in [0, 0.05) is 0 Å². The fourth-order valence-corrected chi connectivity index (χ4v) is 2.74. The van der Waals surface area contributed by atoms with E-state index in [1.807, 2.05) is 0 Å². The van der Waals surface area contributed by atoms with E-state index in [0.717, 1.165) is 30.4 Å². The number of rotatable bonds is 4. The highest BCUT2D eigenvalue weighted by atomic mass is 35.5. The van der Waals surface area contributed by atoms with Gasteiger partial charge >= 0.3 is 6.18 Å². The first kappa shape index (κ1) is 20.1. The van der Waals surface area contributed by atoms with E-state index in [0.29, 0.717) is 0 Å². The quantitative estimate of drug-likeness (QED) is 0.432. The number of Topliss-reactive ketones (excluding diaryl/α,β-unsaturated/α-hetero) is 1. The molecule has 0 fully saturated rings. The highest BCUT2D eigenvalue weighted by molar-refractivity contribution is 6.30. The highest BCUT2D eigenvalue weighted by Gasteiger charge is 2.39. The van der Waals surface area contributed by atoms with E-state index in [9.17, 15) is 26.7 Å². The van der Waals surface area contributed by atoms with Crippen LogP contribution in [0.3, 0.4) is 0 Å². The van der Waals surface area contributed by atoms with Gasteiger partial charge in [0.2, 0.25) is 0 Å². The molecule has 7 heteroatoms. The molecule has 26 heavy (non-hydrogen) atoms. The molecular formula is C19H14ClF5O. The number of halogens is 6. The molecule has 0 heterocycles. The monoisotopic (exact) mass is 388 g/mol. The average molecular weight is 389 g/mol. The average Bonchev–Trinajstić information content (AvgIpc) is 2.51. The zero-order chi connectivity index (χ0) is 19.6. The Hall–Kier alpha value is -2.21. The Morgan fingerprint density at radius 3 is 2.31 bits per heavy atom. The Balaban J connectivity index is 2.42. The number of hydrogen-bond donors (Lipinski definition) is 0. The topological polar surface area (TPSA) is 17.1 Å². The zero-order valence-electron chi connectivity index (χ0n) is 13.8. The molecule has 0 N–H and O–H groups in total. The molecular weight excluding hydrogens is 375 g/mol. The Kier molecular flexibility index (Phi) is 5.86. The van der Waals surface area contributed by atoms with Crippen LogP contribution in [-0.4, -0.2) is 12.0 Å². The smallest absolute Gasteiger partial charge is 0.294 e. The molecule has 2 aromatic carbocycles. The molecule has 0 spiro atoms. The van der Waals surface area contributed by atoms with Gasteiger partial charge in [-0.1, -0.05) is 35.9 Å². The Labute approximate surface area is 152 Å². The fraction of sp³-hybridized carbons (Fsp3) is 0.211. The molecule has 0 saturated carbocycles. The normalized spacial score (nSPS) is 13.2. The lowest BCUT2D eigenvalue weighted by Crippen LogP contribution is -2.19. The van der Waals surface area contributed by atoms with Gasteiger partial charge in [0.15, 0.2) is 5.78 Å². The van der Waals surface area contributed by atoms with Gasteiger partial charge < -0.3 is 0 Å². The summed E-state index contributed by atoms with van der Waals surface area (Å²) in [5, 5.41) is -0.403. The number of benzene rings is 2. The van der Waals surface area contributed by atoms with E-state index in [2.05, 4.69) is 0 Å². The van der Waals surface area contributed by atoms with Crippen molar-refractivity contribution in [2.45, 2.75) is 25.9 Å². The molecule has 0 saturated heterocycles. The molecule has 2 rings (SSSR count). The van der Waals surface area contributed by atoms with Crippen LogP contribution in [0.2, 0.25) is 5.02 Å². The molecule has 1 atom stereocenters. The molecule has 1 unspecified atom stereocenters. The van der Waals surface area contributed by atoms with Crippen LogP contribution in [0.25, 0.3) is 6.08 Å². The third kappa shape index (κ3) is 4.49. The molecule has 0 aliphatic carbocycles. The maximum absolute atomic E-state index is 13.8. The van der Waals surface area contributed by atoms with Crippen molar-refractivity contribution in [2.75, 3.05) is 0 Å². The predicted molar refractivity (Wildman–Crippen MR) is 90.4 cm³/mol.